The van der Waals surface area contributed by atoms with Crippen LogP contribution in [0.25, 0.3) is 0 Å². The highest BCUT2D eigenvalue weighted by molar-refractivity contribution is 4.86. The van der Waals surface area contributed by atoms with Crippen LogP contribution in [-0.2, 0) is 4.74 Å². The highest BCUT2D eigenvalue weighted by Crippen LogP contribution is 2.21. The van der Waals surface area contributed by atoms with E-state index in [1.54, 1.807) is 7.11 Å². The fraction of sp³-hybridized carbons (Fsp3) is 1.00. The first-order valence-electron chi connectivity index (χ1n) is 5.86. The molecule has 0 aromatic heterocycles. The van der Waals surface area contributed by atoms with Gasteiger partial charge in [0.2, 0.25) is 0 Å². The zero-order valence-electron chi connectivity index (χ0n) is 9.17. The second-order valence-electron chi connectivity index (χ2n) is 4.51. The number of rotatable bonds is 6. The third kappa shape index (κ3) is 2.94. The van der Waals surface area contributed by atoms with E-state index in [1.807, 2.05) is 0 Å². The molecule has 2 fully saturated rings. The third-order valence-electron chi connectivity index (χ3n) is 3.30. The van der Waals surface area contributed by atoms with E-state index in [9.17, 15) is 0 Å². The van der Waals surface area contributed by atoms with Crippen LogP contribution in [0.1, 0.15) is 25.7 Å². The van der Waals surface area contributed by atoms with Gasteiger partial charge in [-0.1, -0.05) is 0 Å². The predicted molar refractivity (Wildman–Crippen MR) is 57.5 cm³/mol. The summed E-state index contributed by atoms with van der Waals surface area (Å²) in [6.07, 6.45) is 5.51. The van der Waals surface area contributed by atoms with Gasteiger partial charge in [0.05, 0.1) is 6.61 Å². The lowest BCUT2D eigenvalue weighted by atomic mass is 10.2. The molecule has 1 saturated carbocycles. The maximum absolute atomic E-state index is 5.13. The number of nitrogens with zero attached hydrogens (tertiary/aromatic N) is 1. The van der Waals surface area contributed by atoms with Crippen molar-refractivity contribution in [2.45, 2.75) is 37.8 Å². The summed E-state index contributed by atoms with van der Waals surface area (Å²) < 4.78 is 5.13. The van der Waals surface area contributed by atoms with Crippen LogP contribution in [0.4, 0.5) is 0 Å². The zero-order chi connectivity index (χ0) is 9.80. The van der Waals surface area contributed by atoms with E-state index in [4.69, 9.17) is 4.74 Å². The summed E-state index contributed by atoms with van der Waals surface area (Å²) in [6, 6.07) is 1.62. The Balaban J connectivity index is 1.66. The van der Waals surface area contributed by atoms with Crippen LogP contribution in [0.15, 0.2) is 0 Å². The minimum absolute atomic E-state index is 0.769. The van der Waals surface area contributed by atoms with Crippen molar-refractivity contribution in [2.24, 2.45) is 0 Å². The van der Waals surface area contributed by atoms with Crippen LogP contribution in [0.3, 0.4) is 0 Å². The zero-order valence-corrected chi connectivity index (χ0v) is 9.17. The SMILES string of the molecule is COCCN1CCCC1CNC1CC1. The molecule has 1 unspecified atom stereocenters. The number of hydrogen-bond acceptors (Lipinski definition) is 3. The summed E-state index contributed by atoms with van der Waals surface area (Å²) in [7, 11) is 1.79. The molecule has 0 bridgehead atoms. The second-order valence-corrected chi connectivity index (χ2v) is 4.51. The highest BCUT2D eigenvalue weighted by Gasteiger charge is 2.27. The minimum atomic E-state index is 0.769. The first-order valence-corrected chi connectivity index (χ1v) is 5.86. The largest absolute Gasteiger partial charge is 0.383 e. The van der Waals surface area contributed by atoms with Gasteiger partial charge in [-0.25, -0.2) is 0 Å². The van der Waals surface area contributed by atoms with Crippen LogP contribution in [0.5, 0.6) is 0 Å². The van der Waals surface area contributed by atoms with Crippen molar-refractivity contribution < 1.29 is 4.74 Å². The second kappa shape index (κ2) is 5.10. The van der Waals surface area contributed by atoms with Gasteiger partial charge in [0.25, 0.3) is 0 Å². The molecule has 0 aromatic carbocycles. The number of methoxy groups -OCH3 is 1. The summed E-state index contributed by atoms with van der Waals surface area (Å²) in [5, 5.41) is 3.62. The van der Waals surface area contributed by atoms with Gasteiger partial charge in [0.1, 0.15) is 0 Å². The molecule has 1 aliphatic carbocycles. The normalized spacial score (nSPS) is 28.5. The Labute approximate surface area is 86.8 Å². The van der Waals surface area contributed by atoms with Crippen LogP contribution in [-0.4, -0.2) is 50.3 Å². The van der Waals surface area contributed by atoms with Gasteiger partial charge in [0, 0.05) is 32.3 Å². The topological polar surface area (TPSA) is 24.5 Å². The lowest BCUT2D eigenvalue weighted by molar-refractivity contribution is 0.140. The predicted octanol–water partition coefficient (Wildman–Crippen LogP) is 0.849. The fourth-order valence-electron chi connectivity index (χ4n) is 2.22. The standard InChI is InChI=1S/C11H22N2O/c1-14-8-7-13-6-2-3-11(13)9-12-10-4-5-10/h10-12H,2-9H2,1H3. The number of likely N-dealkylation sites (tertiary alicyclic amines) is 1. The van der Waals surface area contributed by atoms with E-state index in [0.29, 0.717) is 0 Å². The Hall–Kier alpha value is -0.120. The maximum atomic E-state index is 5.13. The first kappa shape index (κ1) is 10.4. The summed E-state index contributed by atoms with van der Waals surface area (Å²) in [6.45, 7) is 4.43. The minimum Gasteiger partial charge on any atom is -0.383 e. The molecule has 0 radical (unpaired) electrons. The Morgan fingerprint density at radius 3 is 2.93 bits per heavy atom. The number of nitrogens with one attached hydrogen (secondary N) is 1. The van der Waals surface area contributed by atoms with Gasteiger partial charge in [-0.15, -0.1) is 0 Å². The van der Waals surface area contributed by atoms with Crippen LogP contribution < -0.4 is 5.32 Å². The molecule has 14 heavy (non-hydrogen) atoms. The highest BCUT2D eigenvalue weighted by atomic mass is 16.5. The van der Waals surface area contributed by atoms with E-state index < -0.39 is 0 Å². The van der Waals surface area contributed by atoms with Crippen LogP contribution in [0, 0.1) is 0 Å². The Bertz CT molecular complexity index is 171. The summed E-state index contributed by atoms with van der Waals surface area (Å²) in [5.74, 6) is 0. The lowest BCUT2D eigenvalue weighted by Crippen LogP contribution is -2.40. The van der Waals surface area contributed by atoms with Crippen molar-refractivity contribution in [3.8, 4) is 0 Å². The Morgan fingerprint density at radius 1 is 1.36 bits per heavy atom. The molecule has 2 aliphatic rings. The first-order chi connectivity index (χ1) is 6.90. The van der Waals surface area contributed by atoms with Crippen molar-refractivity contribution in [3.05, 3.63) is 0 Å². The molecular weight excluding hydrogens is 176 g/mol. The Morgan fingerprint density at radius 2 is 2.21 bits per heavy atom. The van der Waals surface area contributed by atoms with Gasteiger partial charge >= 0.3 is 0 Å². The van der Waals surface area contributed by atoms with E-state index in [0.717, 1.165) is 25.2 Å². The van der Waals surface area contributed by atoms with Crippen molar-refractivity contribution in [3.63, 3.8) is 0 Å². The van der Waals surface area contributed by atoms with Crippen molar-refractivity contribution in [2.75, 3.05) is 33.4 Å². The summed E-state index contributed by atoms with van der Waals surface area (Å²) in [5.41, 5.74) is 0. The molecule has 0 spiro atoms. The molecular formula is C11H22N2O. The fourth-order valence-corrected chi connectivity index (χ4v) is 2.22. The third-order valence-corrected chi connectivity index (χ3v) is 3.30. The van der Waals surface area contributed by atoms with E-state index in [-0.39, 0.29) is 0 Å². The van der Waals surface area contributed by atoms with Gasteiger partial charge in [-0.2, -0.15) is 0 Å². The monoisotopic (exact) mass is 198 g/mol. The summed E-state index contributed by atoms with van der Waals surface area (Å²) >= 11 is 0. The van der Waals surface area contributed by atoms with Crippen LogP contribution >= 0.6 is 0 Å². The molecule has 82 valence electrons. The molecule has 1 aliphatic heterocycles. The smallest absolute Gasteiger partial charge is 0.0589 e. The van der Waals surface area contributed by atoms with Crippen LogP contribution in [0.2, 0.25) is 0 Å². The van der Waals surface area contributed by atoms with E-state index >= 15 is 0 Å². The molecule has 3 nitrogen and oxygen atoms in total. The molecule has 1 atom stereocenters. The van der Waals surface area contributed by atoms with Gasteiger partial charge in [0.15, 0.2) is 0 Å². The molecule has 1 saturated heterocycles. The van der Waals surface area contributed by atoms with Crippen molar-refractivity contribution >= 4 is 0 Å². The lowest BCUT2D eigenvalue weighted by Gasteiger charge is -2.24. The van der Waals surface area contributed by atoms with Gasteiger partial charge < -0.3 is 10.1 Å². The van der Waals surface area contributed by atoms with Gasteiger partial charge in [-0.3, -0.25) is 4.90 Å². The molecule has 2 rings (SSSR count). The molecule has 1 heterocycles. The molecule has 3 heteroatoms. The average Bonchev–Trinajstić information content (AvgIpc) is 2.92. The number of hydrogen-bond donors (Lipinski definition) is 1. The summed E-state index contributed by atoms with van der Waals surface area (Å²) in [4.78, 5) is 2.57. The van der Waals surface area contributed by atoms with E-state index in [1.165, 1.54) is 38.8 Å². The van der Waals surface area contributed by atoms with E-state index in [2.05, 4.69) is 10.2 Å². The average molecular weight is 198 g/mol. The number of ether oxygens (including phenoxy) is 1. The molecule has 1 N–H and O–H groups in total. The van der Waals surface area contributed by atoms with Crippen molar-refractivity contribution in [1.29, 1.82) is 0 Å². The molecule has 0 aromatic rings. The van der Waals surface area contributed by atoms with Gasteiger partial charge in [-0.05, 0) is 32.2 Å². The van der Waals surface area contributed by atoms with Crippen molar-refractivity contribution in [1.82, 2.24) is 10.2 Å². The quantitative estimate of drug-likeness (QED) is 0.685. The maximum Gasteiger partial charge on any atom is 0.0589 e. The molecule has 0 amide bonds. The Kier molecular flexibility index (Phi) is 3.79.